The summed E-state index contributed by atoms with van der Waals surface area (Å²) >= 11 is 11.9. The number of likely N-dealkylation sites (tertiary alicyclic amines) is 1. The zero-order valence-electron chi connectivity index (χ0n) is 13.1. The lowest BCUT2D eigenvalue weighted by Gasteiger charge is -2.19. The van der Waals surface area contributed by atoms with E-state index in [1.165, 1.54) is 0 Å². The van der Waals surface area contributed by atoms with Crippen LogP contribution in [-0.2, 0) is 6.42 Å². The van der Waals surface area contributed by atoms with E-state index in [9.17, 15) is 4.79 Å². The zero-order chi connectivity index (χ0) is 16.1. The largest absolute Gasteiger partial charge is 0.338 e. The second kappa shape index (κ2) is 8.04. The van der Waals surface area contributed by atoms with Crippen LogP contribution in [0.3, 0.4) is 0 Å². The molecule has 1 aliphatic heterocycles. The monoisotopic (exact) mass is 343 g/mol. The molecule has 0 spiro atoms. The first-order chi connectivity index (χ1) is 10.4. The number of hydrogen-bond donors (Lipinski definition) is 1. The highest BCUT2D eigenvalue weighted by atomic mass is 35.5. The van der Waals surface area contributed by atoms with Crippen LogP contribution in [-0.4, -0.2) is 56.1 Å². The van der Waals surface area contributed by atoms with Crippen molar-refractivity contribution in [3.05, 3.63) is 33.8 Å². The normalized spacial score (nSPS) is 18.0. The fraction of sp³-hybridized carbons (Fsp3) is 0.562. The van der Waals surface area contributed by atoms with Crippen LogP contribution in [0.2, 0.25) is 10.0 Å². The third-order valence-corrected chi connectivity index (χ3v) is 4.25. The van der Waals surface area contributed by atoms with E-state index >= 15 is 0 Å². The molecule has 0 saturated carbocycles. The second-order valence-electron chi connectivity index (χ2n) is 6.12. The number of carbonyl (C=O) groups excluding carboxylic acids is 1. The Labute approximate surface area is 142 Å². The van der Waals surface area contributed by atoms with Crippen molar-refractivity contribution in [1.82, 2.24) is 15.1 Å². The number of halogens is 2. The van der Waals surface area contributed by atoms with E-state index in [1.807, 2.05) is 17.0 Å². The van der Waals surface area contributed by atoms with Crippen LogP contribution in [0.4, 0.5) is 4.79 Å². The minimum Gasteiger partial charge on any atom is -0.338 e. The predicted molar refractivity (Wildman–Crippen MR) is 91.8 cm³/mol. The fourth-order valence-electron chi connectivity index (χ4n) is 2.86. The Balaban J connectivity index is 1.74. The standard InChI is InChI=1S/C16H23Cl2N3O/c1-20(2)10-13-4-6-21(11-13)16(22)19-5-3-12-7-14(17)9-15(18)8-12/h7-9,13H,3-6,10-11H2,1-2H3,(H,19,22). The van der Waals surface area contributed by atoms with Crippen molar-refractivity contribution in [2.24, 2.45) is 5.92 Å². The molecule has 1 heterocycles. The van der Waals surface area contributed by atoms with Gasteiger partial charge in [0, 0.05) is 36.2 Å². The summed E-state index contributed by atoms with van der Waals surface area (Å²) < 4.78 is 0. The summed E-state index contributed by atoms with van der Waals surface area (Å²) in [7, 11) is 4.14. The molecular formula is C16H23Cl2N3O. The van der Waals surface area contributed by atoms with E-state index in [2.05, 4.69) is 24.3 Å². The summed E-state index contributed by atoms with van der Waals surface area (Å²) in [6.45, 7) is 3.30. The first-order valence-electron chi connectivity index (χ1n) is 7.56. The van der Waals surface area contributed by atoms with Gasteiger partial charge >= 0.3 is 6.03 Å². The van der Waals surface area contributed by atoms with Crippen LogP contribution in [0.5, 0.6) is 0 Å². The summed E-state index contributed by atoms with van der Waals surface area (Å²) in [4.78, 5) is 16.2. The lowest BCUT2D eigenvalue weighted by Crippen LogP contribution is -2.39. The molecular weight excluding hydrogens is 321 g/mol. The summed E-state index contributed by atoms with van der Waals surface area (Å²) in [6, 6.07) is 5.49. The van der Waals surface area contributed by atoms with Crippen molar-refractivity contribution >= 4 is 29.2 Å². The van der Waals surface area contributed by atoms with Crippen LogP contribution in [0.1, 0.15) is 12.0 Å². The minimum atomic E-state index is 0.0226. The lowest BCUT2D eigenvalue weighted by molar-refractivity contribution is 0.205. The number of urea groups is 1. The van der Waals surface area contributed by atoms with Gasteiger partial charge in [-0.25, -0.2) is 4.79 Å². The molecule has 2 amide bonds. The molecule has 4 nitrogen and oxygen atoms in total. The van der Waals surface area contributed by atoms with E-state index in [1.54, 1.807) is 6.07 Å². The van der Waals surface area contributed by atoms with Crippen molar-refractivity contribution in [1.29, 1.82) is 0 Å². The van der Waals surface area contributed by atoms with Gasteiger partial charge in [0.1, 0.15) is 0 Å². The molecule has 122 valence electrons. The fourth-order valence-corrected chi connectivity index (χ4v) is 3.43. The molecule has 0 radical (unpaired) electrons. The Morgan fingerprint density at radius 1 is 1.32 bits per heavy atom. The van der Waals surface area contributed by atoms with Gasteiger partial charge in [-0.1, -0.05) is 23.2 Å². The van der Waals surface area contributed by atoms with Crippen LogP contribution in [0.15, 0.2) is 18.2 Å². The van der Waals surface area contributed by atoms with E-state index in [4.69, 9.17) is 23.2 Å². The molecule has 0 bridgehead atoms. The molecule has 1 atom stereocenters. The molecule has 1 aliphatic rings. The second-order valence-corrected chi connectivity index (χ2v) is 7.00. The molecule has 1 aromatic carbocycles. The average molecular weight is 344 g/mol. The minimum absolute atomic E-state index is 0.0226. The molecule has 1 saturated heterocycles. The van der Waals surface area contributed by atoms with Crippen LogP contribution < -0.4 is 5.32 Å². The Kier molecular flexibility index (Phi) is 6.36. The summed E-state index contributed by atoms with van der Waals surface area (Å²) in [5, 5.41) is 4.22. The number of hydrogen-bond acceptors (Lipinski definition) is 2. The molecule has 1 N–H and O–H groups in total. The van der Waals surface area contributed by atoms with Crippen molar-refractivity contribution in [3.8, 4) is 0 Å². The maximum atomic E-state index is 12.1. The Morgan fingerprint density at radius 2 is 2.00 bits per heavy atom. The zero-order valence-corrected chi connectivity index (χ0v) is 14.6. The Bertz CT molecular complexity index is 502. The van der Waals surface area contributed by atoms with Gasteiger partial charge in [-0.2, -0.15) is 0 Å². The quantitative estimate of drug-likeness (QED) is 0.891. The van der Waals surface area contributed by atoms with E-state index in [-0.39, 0.29) is 6.03 Å². The van der Waals surface area contributed by atoms with Gasteiger partial charge in [-0.15, -0.1) is 0 Å². The number of nitrogens with zero attached hydrogens (tertiary/aromatic N) is 2. The molecule has 1 aromatic rings. The van der Waals surface area contributed by atoms with Crippen molar-refractivity contribution in [3.63, 3.8) is 0 Å². The molecule has 6 heteroatoms. The first-order valence-corrected chi connectivity index (χ1v) is 8.32. The number of carbonyl (C=O) groups is 1. The van der Waals surface area contributed by atoms with Crippen molar-refractivity contribution < 1.29 is 4.79 Å². The number of rotatable bonds is 5. The third kappa shape index (κ3) is 5.34. The van der Waals surface area contributed by atoms with Gasteiger partial charge in [0.15, 0.2) is 0 Å². The van der Waals surface area contributed by atoms with Gasteiger partial charge < -0.3 is 15.1 Å². The molecule has 0 aromatic heterocycles. The van der Waals surface area contributed by atoms with E-state index < -0.39 is 0 Å². The average Bonchev–Trinajstić information content (AvgIpc) is 2.85. The van der Waals surface area contributed by atoms with Gasteiger partial charge in [-0.3, -0.25) is 0 Å². The highest BCUT2D eigenvalue weighted by Crippen LogP contribution is 2.19. The Morgan fingerprint density at radius 3 is 2.64 bits per heavy atom. The third-order valence-electron chi connectivity index (χ3n) is 3.81. The van der Waals surface area contributed by atoms with Gasteiger partial charge in [0.05, 0.1) is 0 Å². The van der Waals surface area contributed by atoms with E-state index in [0.717, 1.165) is 38.0 Å². The van der Waals surface area contributed by atoms with Crippen molar-refractivity contribution in [2.45, 2.75) is 12.8 Å². The Hall–Kier alpha value is -0.970. The highest BCUT2D eigenvalue weighted by molar-refractivity contribution is 6.34. The molecule has 1 fully saturated rings. The summed E-state index contributed by atoms with van der Waals surface area (Å²) in [5.41, 5.74) is 1.03. The highest BCUT2D eigenvalue weighted by Gasteiger charge is 2.26. The number of benzene rings is 1. The first kappa shape index (κ1) is 17.4. The summed E-state index contributed by atoms with van der Waals surface area (Å²) in [6.07, 6.45) is 1.80. The van der Waals surface area contributed by atoms with E-state index in [0.29, 0.717) is 22.5 Å². The van der Waals surface area contributed by atoms with Crippen LogP contribution in [0.25, 0.3) is 0 Å². The SMILES string of the molecule is CN(C)CC1CCN(C(=O)NCCc2cc(Cl)cc(Cl)c2)C1. The molecule has 0 aliphatic carbocycles. The topological polar surface area (TPSA) is 35.6 Å². The summed E-state index contributed by atoms with van der Waals surface area (Å²) in [5.74, 6) is 0.576. The number of amides is 2. The smallest absolute Gasteiger partial charge is 0.317 e. The number of nitrogens with one attached hydrogen (secondary N) is 1. The lowest BCUT2D eigenvalue weighted by atomic mass is 10.1. The maximum Gasteiger partial charge on any atom is 0.317 e. The van der Waals surface area contributed by atoms with Gasteiger partial charge in [-0.05, 0) is 56.6 Å². The van der Waals surface area contributed by atoms with Gasteiger partial charge in [0.25, 0.3) is 0 Å². The van der Waals surface area contributed by atoms with Gasteiger partial charge in [0.2, 0.25) is 0 Å². The molecule has 2 rings (SSSR count). The van der Waals surface area contributed by atoms with Crippen LogP contribution in [0, 0.1) is 5.92 Å². The van der Waals surface area contributed by atoms with Crippen molar-refractivity contribution in [2.75, 3.05) is 40.3 Å². The molecule has 1 unspecified atom stereocenters. The predicted octanol–water partition coefficient (Wildman–Crippen LogP) is 3.13. The maximum absolute atomic E-state index is 12.1. The molecule has 22 heavy (non-hydrogen) atoms. The van der Waals surface area contributed by atoms with Crippen LogP contribution >= 0.6 is 23.2 Å².